The fourth-order valence-electron chi connectivity index (χ4n) is 1.06. The summed E-state index contributed by atoms with van der Waals surface area (Å²) < 4.78 is 0. The molecule has 0 radical (unpaired) electrons. The van der Waals surface area contributed by atoms with Crippen LogP contribution in [0.5, 0.6) is 0 Å². The van der Waals surface area contributed by atoms with E-state index < -0.39 is 0 Å². The first-order valence-electron chi connectivity index (χ1n) is 4.86. The second kappa shape index (κ2) is 9.51. The van der Waals surface area contributed by atoms with Gasteiger partial charge in [-0.25, -0.2) is 0 Å². The average molecular weight is 186 g/mol. The lowest BCUT2D eigenvalue weighted by molar-refractivity contribution is 0.367. The van der Waals surface area contributed by atoms with Crippen LogP contribution in [0.4, 0.5) is 0 Å². The molecule has 0 fully saturated rings. The normalized spacial score (nSPS) is 11.0. The minimum atomic E-state index is 0.585. The third-order valence-corrected chi connectivity index (χ3v) is 1.75. The van der Waals surface area contributed by atoms with Gasteiger partial charge in [0.2, 0.25) is 0 Å². The molecule has 0 atom stereocenters. The Bertz CT molecular complexity index is 117. The summed E-state index contributed by atoms with van der Waals surface area (Å²) in [6.45, 7) is 4.03. The Hall–Kier alpha value is -0.580. The SMILES string of the molecule is NCC=CN(CCCN)CCCN. The van der Waals surface area contributed by atoms with E-state index in [4.69, 9.17) is 17.2 Å². The first-order valence-corrected chi connectivity index (χ1v) is 4.86. The summed E-state index contributed by atoms with van der Waals surface area (Å²) in [6, 6.07) is 0. The van der Waals surface area contributed by atoms with Crippen molar-refractivity contribution in [1.82, 2.24) is 4.90 Å². The largest absolute Gasteiger partial charge is 0.378 e. The van der Waals surface area contributed by atoms with Crippen molar-refractivity contribution in [3.63, 3.8) is 0 Å². The van der Waals surface area contributed by atoms with Crippen LogP contribution in [0.25, 0.3) is 0 Å². The fraction of sp³-hybridized carbons (Fsp3) is 0.778. The zero-order valence-electron chi connectivity index (χ0n) is 8.28. The van der Waals surface area contributed by atoms with Gasteiger partial charge in [0.1, 0.15) is 0 Å². The summed E-state index contributed by atoms with van der Waals surface area (Å²) in [5.74, 6) is 0. The second-order valence-electron chi connectivity index (χ2n) is 2.94. The Kier molecular flexibility index (Phi) is 9.08. The smallest absolute Gasteiger partial charge is 0.0184 e. The maximum absolute atomic E-state index is 5.43. The molecular weight excluding hydrogens is 164 g/mol. The van der Waals surface area contributed by atoms with E-state index in [2.05, 4.69) is 4.90 Å². The van der Waals surface area contributed by atoms with Crippen LogP contribution in [0.1, 0.15) is 12.8 Å². The van der Waals surface area contributed by atoms with Crippen LogP contribution in [0.15, 0.2) is 12.3 Å². The van der Waals surface area contributed by atoms with Gasteiger partial charge in [0.15, 0.2) is 0 Å². The van der Waals surface area contributed by atoms with Gasteiger partial charge >= 0.3 is 0 Å². The number of nitrogens with zero attached hydrogens (tertiary/aromatic N) is 1. The van der Waals surface area contributed by atoms with Crippen LogP contribution >= 0.6 is 0 Å². The molecule has 78 valence electrons. The van der Waals surface area contributed by atoms with Crippen molar-refractivity contribution < 1.29 is 0 Å². The molecule has 0 aliphatic heterocycles. The van der Waals surface area contributed by atoms with E-state index in [-0.39, 0.29) is 0 Å². The van der Waals surface area contributed by atoms with E-state index in [1.165, 1.54) is 0 Å². The summed E-state index contributed by atoms with van der Waals surface area (Å²) in [6.07, 6.45) is 6.01. The Labute approximate surface area is 80.7 Å². The molecule has 13 heavy (non-hydrogen) atoms. The van der Waals surface area contributed by atoms with E-state index in [0.29, 0.717) is 6.54 Å². The van der Waals surface area contributed by atoms with Crippen molar-refractivity contribution in [3.05, 3.63) is 12.3 Å². The molecular formula is C9H22N4. The number of hydrogen-bond acceptors (Lipinski definition) is 4. The summed E-state index contributed by atoms with van der Waals surface area (Å²) in [5.41, 5.74) is 16.2. The summed E-state index contributed by atoms with van der Waals surface area (Å²) in [7, 11) is 0. The van der Waals surface area contributed by atoms with Crippen molar-refractivity contribution in [3.8, 4) is 0 Å². The molecule has 0 spiro atoms. The molecule has 0 aromatic heterocycles. The molecule has 0 amide bonds. The first kappa shape index (κ1) is 12.4. The lowest BCUT2D eigenvalue weighted by Gasteiger charge is -2.19. The van der Waals surface area contributed by atoms with Gasteiger partial charge in [-0.2, -0.15) is 0 Å². The number of hydrogen-bond donors (Lipinski definition) is 3. The van der Waals surface area contributed by atoms with Crippen LogP contribution in [0.3, 0.4) is 0 Å². The Morgan fingerprint density at radius 2 is 1.46 bits per heavy atom. The summed E-state index contributed by atoms with van der Waals surface area (Å²) >= 11 is 0. The molecule has 0 heterocycles. The third-order valence-electron chi connectivity index (χ3n) is 1.75. The van der Waals surface area contributed by atoms with Gasteiger partial charge in [0, 0.05) is 19.6 Å². The number of rotatable bonds is 8. The molecule has 0 aromatic rings. The van der Waals surface area contributed by atoms with Crippen molar-refractivity contribution in [1.29, 1.82) is 0 Å². The first-order chi connectivity index (χ1) is 6.35. The molecule has 4 nitrogen and oxygen atoms in total. The zero-order valence-corrected chi connectivity index (χ0v) is 8.28. The molecule has 0 unspecified atom stereocenters. The van der Waals surface area contributed by atoms with Gasteiger partial charge in [-0.3, -0.25) is 0 Å². The topological polar surface area (TPSA) is 81.3 Å². The highest BCUT2D eigenvalue weighted by atomic mass is 15.1. The van der Waals surface area contributed by atoms with E-state index in [1.54, 1.807) is 0 Å². The van der Waals surface area contributed by atoms with E-state index in [0.717, 1.165) is 39.0 Å². The fourth-order valence-corrected chi connectivity index (χ4v) is 1.06. The zero-order chi connectivity index (χ0) is 9.94. The highest BCUT2D eigenvalue weighted by Gasteiger charge is 1.96. The molecule has 0 aliphatic rings. The van der Waals surface area contributed by atoms with Crippen molar-refractivity contribution >= 4 is 0 Å². The molecule has 6 N–H and O–H groups in total. The van der Waals surface area contributed by atoms with Crippen LogP contribution in [0.2, 0.25) is 0 Å². The number of nitrogens with two attached hydrogens (primary N) is 3. The predicted octanol–water partition coefficient (Wildman–Crippen LogP) is -0.542. The highest BCUT2D eigenvalue weighted by molar-refractivity contribution is 4.83. The van der Waals surface area contributed by atoms with Gasteiger partial charge in [-0.05, 0) is 32.1 Å². The van der Waals surface area contributed by atoms with Crippen molar-refractivity contribution in [2.24, 2.45) is 17.2 Å². The lowest BCUT2D eigenvalue weighted by Crippen LogP contribution is -2.24. The maximum atomic E-state index is 5.43. The van der Waals surface area contributed by atoms with Gasteiger partial charge in [0.05, 0.1) is 0 Å². The quantitative estimate of drug-likeness (QED) is 0.475. The van der Waals surface area contributed by atoms with Crippen molar-refractivity contribution in [2.45, 2.75) is 12.8 Å². The summed E-state index contributed by atoms with van der Waals surface area (Å²) in [4.78, 5) is 2.21. The highest BCUT2D eigenvalue weighted by Crippen LogP contribution is 1.94. The molecule has 0 aromatic carbocycles. The molecule has 0 aliphatic carbocycles. The molecule has 4 heteroatoms. The van der Waals surface area contributed by atoms with E-state index in [9.17, 15) is 0 Å². The van der Waals surface area contributed by atoms with E-state index >= 15 is 0 Å². The average Bonchev–Trinajstić information content (AvgIpc) is 2.17. The minimum absolute atomic E-state index is 0.585. The monoisotopic (exact) mass is 186 g/mol. The van der Waals surface area contributed by atoms with Gasteiger partial charge in [0.25, 0.3) is 0 Å². The minimum Gasteiger partial charge on any atom is -0.378 e. The van der Waals surface area contributed by atoms with Crippen molar-refractivity contribution in [2.75, 3.05) is 32.7 Å². The Balaban J connectivity index is 3.66. The molecule has 0 rings (SSSR count). The van der Waals surface area contributed by atoms with E-state index in [1.807, 2.05) is 12.3 Å². The maximum Gasteiger partial charge on any atom is 0.0184 e. The molecule has 0 saturated carbocycles. The second-order valence-corrected chi connectivity index (χ2v) is 2.94. The Morgan fingerprint density at radius 3 is 1.85 bits per heavy atom. The predicted molar refractivity (Wildman–Crippen MR) is 57.1 cm³/mol. The Morgan fingerprint density at radius 1 is 0.923 bits per heavy atom. The molecule has 0 saturated heterocycles. The summed E-state index contributed by atoms with van der Waals surface area (Å²) in [5, 5.41) is 0. The van der Waals surface area contributed by atoms with Crippen LogP contribution in [-0.2, 0) is 0 Å². The van der Waals surface area contributed by atoms with Crippen LogP contribution < -0.4 is 17.2 Å². The van der Waals surface area contributed by atoms with Crippen LogP contribution in [0, 0.1) is 0 Å². The lowest BCUT2D eigenvalue weighted by atomic mass is 10.3. The van der Waals surface area contributed by atoms with Gasteiger partial charge in [-0.15, -0.1) is 0 Å². The van der Waals surface area contributed by atoms with Gasteiger partial charge in [-0.1, -0.05) is 6.08 Å². The molecule has 0 bridgehead atoms. The van der Waals surface area contributed by atoms with Gasteiger partial charge < -0.3 is 22.1 Å². The van der Waals surface area contributed by atoms with Crippen LogP contribution in [-0.4, -0.2) is 37.6 Å². The third kappa shape index (κ3) is 7.77. The standard InChI is InChI=1S/C9H22N4/c10-4-1-7-13(8-2-5-11)9-3-6-12/h1,7H,2-6,8-12H2.